The highest BCUT2D eigenvalue weighted by Gasteiger charge is 2.27. The molecule has 1 aromatic rings. The monoisotopic (exact) mass is 327 g/mol. The Bertz CT molecular complexity index is 463. The largest absolute Gasteiger partial charge is 0.344 e. The smallest absolute Gasteiger partial charge is 0.186 e. The molecule has 0 spiro atoms. The molecule has 0 amide bonds. The fourth-order valence-corrected chi connectivity index (χ4v) is 4.84. The Kier molecular flexibility index (Phi) is 5.60. The first kappa shape index (κ1) is 17.1. The van der Waals surface area contributed by atoms with Crippen LogP contribution in [0.4, 0.5) is 5.13 Å². The summed E-state index contributed by atoms with van der Waals surface area (Å²) in [7, 11) is 0. The Morgan fingerprint density at radius 1 is 1.38 bits per heavy atom. The van der Waals surface area contributed by atoms with Crippen molar-refractivity contribution in [3.63, 3.8) is 0 Å². The SMILES string of the molecule is CC(C)NCc1sc(N2CCSCC2C)nc1C(C)(C)C. The van der Waals surface area contributed by atoms with Crippen LogP contribution in [0.1, 0.15) is 52.1 Å². The molecule has 5 heteroatoms. The third-order valence-electron chi connectivity index (χ3n) is 3.68. The van der Waals surface area contributed by atoms with Gasteiger partial charge in [-0.25, -0.2) is 4.98 Å². The van der Waals surface area contributed by atoms with Crippen LogP contribution in [0.15, 0.2) is 0 Å². The Balaban J connectivity index is 2.26. The zero-order chi connectivity index (χ0) is 15.6. The lowest BCUT2D eigenvalue weighted by atomic mass is 9.91. The molecule has 0 saturated carbocycles. The fraction of sp³-hybridized carbons (Fsp3) is 0.812. The Morgan fingerprint density at radius 3 is 2.67 bits per heavy atom. The minimum atomic E-state index is 0.108. The van der Waals surface area contributed by atoms with E-state index in [-0.39, 0.29) is 5.41 Å². The first-order valence-corrected chi connectivity index (χ1v) is 9.84. The zero-order valence-corrected chi connectivity index (χ0v) is 15.8. The van der Waals surface area contributed by atoms with Gasteiger partial charge in [0, 0.05) is 47.0 Å². The zero-order valence-electron chi connectivity index (χ0n) is 14.2. The van der Waals surface area contributed by atoms with Crippen LogP contribution in [0, 0.1) is 0 Å². The predicted molar refractivity (Wildman–Crippen MR) is 96.9 cm³/mol. The van der Waals surface area contributed by atoms with Crippen molar-refractivity contribution in [1.82, 2.24) is 10.3 Å². The molecule has 2 rings (SSSR count). The van der Waals surface area contributed by atoms with Crippen molar-refractivity contribution >= 4 is 28.2 Å². The van der Waals surface area contributed by atoms with Gasteiger partial charge in [0.2, 0.25) is 0 Å². The second-order valence-electron chi connectivity index (χ2n) is 7.17. The number of hydrogen-bond acceptors (Lipinski definition) is 5. The van der Waals surface area contributed by atoms with Gasteiger partial charge in [0.25, 0.3) is 0 Å². The highest BCUT2D eigenvalue weighted by molar-refractivity contribution is 7.99. The van der Waals surface area contributed by atoms with Crippen molar-refractivity contribution in [3.8, 4) is 0 Å². The molecule has 0 bridgehead atoms. The lowest BCUT2D eigenvalue weighted by Crippen LogP contribution is -2.40. The third kappa shape index (κ3) is 4.36. The van der Waals surface area contributed by atoms with Crippen molar-refractivity contribution in [2.75, 3.05) is 23.0 Å². The molecule has 120 valence electrons. The van der Waals surface area contributed by atoms with E-state index in [1.807, 2.05) is 11.3 Å². The summed E-state index contributed by atoms with van der Waals surface area (Å²) in [6.07, 6.45) is 0. The van der Waals surface area contributed by atoms with Crippen molar-refractivity contribution in [3.05, 3.63) is 10.6 Å². The third-order valence-corrected chi connectivity index (χ3v) is 5.96. The predicted octanol–water partition coefficient (Wildman–Crippen LogP) is 3.88. The molecule has 21 heavy (non-hydrogen) atoms. The van der Waals surface area contributed by atoms with Gasteiger partial charge in [0.15, 0.2) is 5.13 Å². The van der Waals surface area contributed by atoms with Gasteiger partial charge in [-0.2, -0.15) is 11.8 Å². The normalized spacial score (nSPS) is 20.3. The number of aromatic nitrogens is 1. The minimum Gasteiger partial charge on any atom is -0.344 e. The van der Waals surface area contributed by atoms with Gasteiger partial charge in [0.1, 0.15) is 0 Å². The molecule has 1 aliphatic heterocycles. The molecule has 1 N–H and O–H groups in total. The first-order valence-electron chi connectivity index (χ1n) is 7.87. The van der Waals surface area contributed by atoms with Crippen LogP contribution in [-0.2, 0) is 12.0 Å². The van der Waals surface area contributed by atoms with Gasteiger partial charge in [-0.1, -0.05) is 34.6 Å². The van der Waals surface area contributed by atoms with Crippen LogP contribution in [0.3, 0.4) is 0 Å². The summed E-state index contributed by atoms with van der Waals surface area (Å²) in [4.78, 5) is 8.92. The van der Waals surface area contributed by atoms with E-state index in [4.69, 9.17) is 4.98 Å². The Hall–Kier alpha value is -0.260. The molecule has 1 unspecified atom stereocenters. The Morgan fingerprint density at radius 2 is 2.10 bits per heavy atom. The van der Waals surface area contributed by atoms with Gasteiger partial charge >= 0.3 is 0 Å². The van der Waals surface area contributed by atoms with E-state index in [9.17, 15) is 0 Å². The molecule has 1 saturated heterocycles. The fourth-order valence-electron chi connectivity index (χ4n) is 2.48. The summed E-state index contributed by atoms with van der Waals surface area (Å²) in [5.74, 6) is 2.43. The van der Waals surface area contributed by atoms with E-state index in [1.54, 1.807) is 0 Å². The standard InChI is InChI=1S/C16H29N3S2/c1-11(2)17-9-13-14(16(4,5)6)18-15(21-13)19-7-8-20-10-12(19)3/h11-12,17H,7-10H2,1-6H3. The average Bonchev–Trinajstić information content (AvgIpc) is 2.81. The van der Waals surface area contributed by atoms with Crippen molar-refractivity contribution < 1.29 is 0 Å². The molecule has 1 aromatic heterocycles. The maximum absolute atomic E-state index is 5.03. The molecule has 0 aliphatic carbocycles. The van der Waals surface area contributed by atoms with Crippen LogP contribution < -0.4 is 10.2 Å². The van der Waals surface area contributed by atoms with Crippen LogP contribution in [-0.4, -0.2) is 35.1 Å². The summed E-state index contributed by atoms with van der Waals surface area (Å²) in [5, 5.41) is 4.77. The molecule has 1 atom stereocenters. The quantitative estimate of drug-likeness (QED) is 0.908. The summed E-state index contributed by atoms with van der Waals surface area (Å²) < 4.78 is 0. The number of rotatable bonds is 4. The van der Waals surface area contributed by atoms with Crippen LogP contribution in [0.25, 0.3) is 0 Å². The van der Waals surface area contributed by atoms with Crippen molar-refractivity contribution in [2.45, 2.75) is 65.6 Å². The second-order valence-corrected chi connectivity index (χ2v) is 9.38. The van der Waals surface area contributed by atoms with Gasteiger partial charge in [-0.05, 0) is 6.92 Å². The lowest BCUT2D eigenvalue weighted by molar-refractivity contribution is 0.545. The molecule has 1 aliphatic rings. The Labute approximate surface area is 137 Å². The van der Waals surface area contributed by atoms with Crippen LogP contribution in [0.5, 0.6) is 0 Å². The minimum absolute atomic E-state index is 0.108. The number of thiazole rings is 1. The maximum atomic E-state index is 5.03. The summed E-state index contributed by atoms with van der Waals surface area (Å²) in [5.41, 5.74) is 1.37. The van der Waals surface area contributed by atoms with E-state index in [1.165, 1.54) is 27.2 Å². The van der Waals surface area contributed by atoms with Crippen LogP contribution in [0.2, 0.25) is 0 Å². The highest BCUT2D eigenvalue weighted by Crippen LogP contribution is 2.35. The van der Waals surface area contributed by atoms with Crippen molar-refractivity contribution in [2.24, 2.45) is 0 Å². The second kappa shape index (κ2) is 6.88. The van der Waals surface area contributed by atoms with E-state index in [0.29, 0.717) is 12.1 Å². The van der Waals surface area contributed by atoms with Gasteiger partial charge in [-0.15, -0.1) is 11.3 Å². The molecule has 0 aromatic carbocycles. The molecule has 0 radical (unpaired) electrons. The molecular weight excluding hydrogens is 298 g/mol. The van der Waals surface area contributed by atoms with E-state index < -0.39 is 0 Å². The van der Waals surface area contributed by atoms with E-state index in [2.05, 4.69) is 63.5 Å². The lowest BCUT2D eigenvalue weighted by Gasteiger charge is -2.32. The van der Waals surface area contributed by atoms with Crippen molar-refractivity contribution in [1.29, 1.82) is 0 Å². The van der Waals surface area contributed by atoms with Gasteiger partial charge < -0.3 is 10.2 Å². The van der Waals surface area contributed by atoms with Gasteiger partial charge in [0.05, 0.1) is 5.69 Å². The summed E-state index contributed by atoms with van der Waals surface area (Å²) in [6, 6.07) is 1.10. The van der Waals surface area contributed by atoms with Gasteiger partial charge in [-0.3, -0.25) is 0 Å². The molecule has 1 fully saturated rings. The average molecular weight is 328 g/mol. The number of thioether (sulfide) groups is 1. The first-order chi connectivity index (χ1) is 9.79. The number of hydrogen-bond donors (Lipinski definition) is 1. The number of nitrogens with zero attached hydrogens (tertiary/aromatic N) is 2. The molecule has 2 heterocycles. The maximum Gasteiger partial charge on any atom is 0.186 e. The van der Waals surface area contributed by atoms with Crippen LogP contribution >= 0.6 is 23.1 Å². The summed E-state index contributed by atoms with van der Waals surface area (Å²) >= 11 is 3.94. The molecule has 3 nitrogen and oxygen atoms in total. The molecular formula is C16H29N3S2. The topological polar surface area (TPSA) is 28.2 Å². The highest BCUT2D eigenvalue weighted by atomic mass is 32.2. The summed E-state index contributed by atoms with van der Waals surface area (Å²) in [6.45, 7) is 15.6. The van der Waals surface area contributed by atoms with E-state index in [0.717, 1.165) is 13.1 Å². The van der Waals surface area contributed by atoms with E-state index >= 15 is 0 Å². The number of nitrogens with one attached hydrogen (secondary N) is 1. The number of anilines is 1.